The number of carboxylic acids is 1. The van der Waals surface area contributed by atoms with Gasteiger partial charge in [0.1, 0.15) is 6.17 Å². The second-order valence-corrected chi connectivity index (χ2v) is 11.0. The van der Waals surface area contributed by atoms with Crippen molar-refractivity contribution in [2.45, 2.75) is 57.5 Å². The molecule has 1 aliphatic carbocycles. The Labute approximate surface area is 204 Å². The van der Waals surface area contributed by atoms with Gasteiger partial charge in [-0.15, -0.1) is 0 Å². The van der Waals surface area contributed by atoms with Crippen LogP contribution in [0.1, 0.15) is 57.5 Å². The first kappa shape index (κ1) is 26.5. The highest BCUT2D eigenvalue weighted by Crippen LogP contribution is 2.44. The number of nitrogens with two attached hydrogens (primary N) is 1. The Balaban J connectivity index is 0.00000103. The molecule has 0 bridgehead atoms. The summed E-state index contributed by atoms with van der Waals surface area (Å²) < 4.78 is 20.3. The van der Waals surface area contributed by atoms with Crippen molar-refractivity contribution < 1.29 is 23.8 Å². The summed E-state index contributed by atoms with van der Waals surface area (Å²) in [5.41, 5.74) is 6.82. The molecule has 1 aliphatic heterocycles. The lowest BCUT2D eigenvalue weighted by Gasteiger charge is -2.30. The van der Waals surface area contributed by atoms with Crippen LogP contribution in [0.3, 0.4) is 0 Å². The fourth-order valence-corrected chi connectivity index (χ4v) is 5.38. The van der Waals surface area contributed by atoms with Crippen molar-refractivity contribution >= 4 is 23.4 Å². The van der Waals surface area contributed by atoms with Gasteiger partial charge in [-0.05, 0) is 43.5 Å². The number of hydrogen-bond acceptors (Lipinski definition) is 7. The first-order valence-electron chi connectivity index (χ1n) is 11.8. The lowest BCUT2D eigenvalue weighted by molar-refractivity contribution is -0.144. The number of rotatable bonds is 4. The van der Waals surface area contributed by atoms with Gasteiger partial charge in [-0.3, -0.25) is 4.79 Å². The predicted molar refractivity (Wildman–Crippen MR) is 134 cm³/mol. The summed E-state index contributed by atoms with van der Waals surface area (Å²) in [5, 5.41) is 17.1. The fraction of sp³-hybridized carbons (Fsp3) is 0.600. The largest absolute Gasteiger partial charge is 0.481 e. The number of aliphatic carboxylic acids is 1. The molecule has 1 saturated heterocycles. The van der Waals surface area contributed by atoms with Crippen LogP contribution in [-0.2, 0) is 10.2 Å². The summed E-state index contributed by atoms with van der Waals surface area (Å²) in [6.45, 7) is 7.90. The van der Waals surface area contributed by atoms with Crippen LogP contribution in [0, 0.1) is 5.92 Å². The number of halogens is 1. The highest BCUT2D eigenvalue weighted by molar-refractivity contribution is 7.99. The van der Waals surface area contributed by atoms with Gasteiger partial charge in [0.2, 0.25) is 5.89 Å². The fourth-order valence-electron chi connectivity index (χ4n) is 4.48. The molecule has 1 aromatic carbocycles. The Hall–Kier alpha value is -2.10. The van der Waals surface area contributed by atoms with Crippen molar-refractivity contribution in [1.29, 1.82) is 0 Å². The van der Waals surface area contributed by atoms with E-state index in [-0.39, 0.29) is 24.5 Å². The van der Waals surface area contributed by atoms with E-state index in [2.05, 4.69) is 22.8 Å². The number of benzene rings is 1. The van der Waals surface area contributed by atoms with E-state index in [0.29, 0.717) is 30.2 Å². The number of aromatic nitrogens is 1. The summed E-state index contributed by atoms with van der Waals surface area (Å²) >= 11 is 1.98. The number of carboxylic acid groups (broad SMARTS) is 1. The molecule has 0 unspecified atom stereocenters. The molecule has 2 fully saturated rings. The van der Waals surface area contributed by atoms with Gasteiger partial charge in [-0.1, -0.05) is 20.8 Å². The maximum atomic E-state index is 14.0. The third-order valence-electron chi connectivity index (χ3n) is 6.26. The van der Waals surface area contributed by atoms with Crippen molar-refractivity contribution in [3.63, 3.8) is 0 Å². The molecule has 2 aromatic rings. The summed E-state index contributed by atoms with van der Waals surface area (Å²) in [4.78, 5) is 19.1. The SMILES string of the molecule is CC(C)(C)c1nc([C@@H]2CC[C@H](F)C[C@H]2C(=O)O)c(-c2ccc(N3CCSCC3)cc2)o1.NCO. The first-order valence-corrected chi connectivity index (χ1v) is 12.9. The Kier molecular flexibility index (Phi) is 9.01. The summed E-state index contributed by atoms with van der Waals surface area (Å²) in [5.74, 6) is 1.38. The molecule has 188 valence electrons. The summed E-state index contributed by atoms with van der Waals surface area (Å²) in [7, 11) is 0. The molecule has 2 heterocycles. The molecule has 3 atom stereocenters. The van der Waals surface area contributed by atoms with Crippen LogP contribution >= 0.6 is 11.8 Å². The Bertz CT molecular complexity index is 939. The number of aliphatic hydroxyl groups excluding tert-OH is 1. The van der Waals surface area contributed by atoms with Gasteiger partial charge in [0.25, 0.3) is 0 Å². The highest BCUT2D eigenvalue weighted by atomic mass is 32.2. The average molecular weight is 494 g/mol. The van der Waals surface area contributed by atoms with Gasteiger partial charge in [-0.2, -0.15) is 11.8 Å². The Morgan fingerprint density at radius 2 is 1.85 bits per heavy atom. The summed E-state index contributed by atoms with van der Waals surface area (Å²) in [6.07, 6.45) is -0.220. The molecular weight excluding hydrogens is 457 g/mol. The number of thioether (sulfide) groups is 1. The molecule has 1 aromatic heterocycles. The highest BCUT2D eigenvalue weighted by Gasteiger charge is 2.40. The number of anilines is 1. The van der Waals surface area contributed by atoms with E-state index >= 15 is 0 Å². The maximum Gasteiger partial charge on any atom is 0.307 e. The number of hydrogen-bond donors (Lipinski definition) is 3. The number of oxazole rings is 1. The molecule has 1 saturated carbocycles. The van der Waals surface area contributed by atoms with Crippen molar-refractivity contribution in [1.82, 2.24) is 4.98 Å². The molecule has 9 heteroatoms. The molecule has 0 radical (unpaired) electrons. The molecule has 4 N–H and O–H groups in total. The standard InChI is InChI=1S/C24H31FN2O3S.CH5NO/c1-24(2,3)23-26-20(18-9-6-16(25)14-19(18)22(28)29)21(30-23)15-4-7-17(8-5-15)27-10-12-31-13-11-27;2-1-3/h4-5,7-8,16,18-19H,6,9-14H2,1-3H3,(H,28,29);3H,1-2H2/t16-,18+,19+;/m0./s1. The number of carbonyl (C=O) groups is 1. The lowest BCUT2D eigenvalue weighted by atomic mass is 9.76. The van der Waals surface area contributed by atoms with E-state index in [1.807, 2.05) is 44.7 Å². The zero-order valence-electron chi connectivity index (χ0n) is 20.2. The van der Waals surface area contributed by atoms with E-state index in [4.69, 9.17) is 14.5 Å². The van der Waals surface area contributed by atoms with Crippen LogP contribution in [0.5, 0.6) is 0 Å². The van der Waals surface area contributed by atoms with E-state index in [9.17, 15) is 14.3 Å². The molecule has 0 spiro atoms. The third kappa shape index (κ3) is 6.31. The third-order valence-corrected chi connectivity index (χ3v) is 7.20. The minimum absolute atomic E-state index is 0.0308. The zero-order valence-corrected chi connectivity index (χ0v) is 21.0. The summed E-state index contributed by atoms with van der Waals surface area (Å²) in [6, 6.07) is 8.26. The molecule has 7 nitrogen and oxygen atoms in total. The van der Waals surface area contributed by atoms with Gasteiger partial charge in [0, 0.05) is 47.2 Å². The Morgan fingerprint density at radius 1 is 1.24 bits per heavy atom. The predicted octanol–water partition coefficient (Wildman–Crippen LogP) is 4.39. The number of alkyl halides is 1. The first-order chi connectivity index (χ1) is 16.2. The van der Waals surface area contributed by atoms with Gasteiger partial charge in [0.05, 0.1) is 18.3 Å². The quantitative estimate of drug-likeness (QED) is 0.538. The van der Waals surface area contributed by atoms with Crippen molar-refractivity contribution in [3.05, 3.63) is 35.9 Å². The topological polar surface area (TPSA) is 113 Å². The van der Waals surface area contributed by atoms with Crippen LogP contribution in [0.15, 0.2) is 28.7 Å². The van der Waals surface area contributed by atoms with Crippen molar-refractivity contribution in [2.24, 2.45) is 11.7 Å². The Morgan fingerprint density at radius 3 is 2.41 bits per heavy atom. The number of nitrogens with zero attached hydrogens (tertiary/aromatic N) is 2. The van der Waals surface area contributed by atoms with E-state index in [0.717, 1.165) is 30.2 Å². The maximum absolute atomic E-state index is 14.0. The van der Waals surface area contributed by atoms with E-state index < -0.39 is 18.1 Å². The van der Waals surface area contributed by atoms with Gasteiger partial charge in [0.15, 0.2) is 5.76 Å². The van der Waals surface area contributed by atoms with Crippen LogP contribution in [0.2, 0.25) is 0 Å². The van der Waals surface area contributed by atoms with Gasteiger partial charge < -0.3 is 25.3 Å². The second-order valence-electron chi connectivity index (χ2n) is 9.77. The number of aliphatic hydroxyl groups is 1. The monoisotopic (exact) mass is 493 g/mol. The van der Waals surface area contributed by atoms with Crippen LogP contribution in [0.4, 0.5) is 10.1 Å². The van der Waals surface area contributed by atoms with Crippen LogP contribution < -0.4 is 10.6 Å². The van der Waals surface area contributed by atoms with E-state index in [1.165, 1.54) is 5.69 Å². The smallest absolute Gasteiger partial charge is 0.307 e. The molecule has 0 amide bonds. The minimum Gasteiger partial charge on any atom is -0.481 e. The van der Waals surface area contributed by atoms with Crippen molar-refractivity contribution in [3.8, 4) is 11.3 Å². The molecule has 34 heavy (non-hydrogen) atoms. The molecular formula is C25H36FN3O4S. The molecule has 2 aliphatic rings. The second kappa shape index (κ2) is 11.6. The normalized spacial score (nSPS) is 23.2. The average Bonchev–Trinajstić information content (AvgIpc) is 3.26. The van der Waals surface area contributed by atoms with E-state index in [1.54, 1.807) is 0 Å². The van der Waals surface area contributed by atoms with Gasteiger partial charge >= 0.3 is 5.97 Å². The molecule has 4 rings (SSSR count). The van der Waals surface area contributed by atoms with Crippen LogP contribution in [0.25, 0.3) is 11.3 Å². The van der Waals surface area contributed by atoms with Crippen molar-refractivity contribution in [2.75, 3.05) is 36.2 Å². The van der Waals surface area contributed by atoms with Crippen LogP contribution in [-0.4, -0.2) is 58.7 Å². The lowest BCUT2D eigenvalue weighted by Crippen LogP contribution is -2.32. The minimum atomic E-state index is -1.07. The zero-order chi connectivity index (χ0) is 24.9. The van der Waals surface area contributed by atoms with Gasteiger partial charge in [-0.25, -0.2) is 9.37 Å².